The van der Waals surface area contributed by atoms with Gasteiger partial charge in [-0.1, -0.05) is 30.3 Å². The SMILES string of the molecule is O=C(NCC(=O)N1CCCCC1)NC(c1ccccc1)C(F)F. The molecule has 1 saturated heterocycles. The molecule has 1 aliphatic rings. The molecule has 1 aromatic rings. The van der Waals surface area contributed by atoms with Crippen LogP contribution in [0.3, 0.4) is 0 Å². The third-order valence-corrected chi connectivity index (χ3v) is 3.81. The van der Waals surface area contributed by atoms with Gasteiger partial charge in [-0.15, -0.1) is 0 Å². The van der Waals surface area contributed by atoms with Gasteiger partial charge < -0.3 is 15.5 Å². The van der Waals surface area contributed by atoms with Crippen LogP contribution < -0.4 is 10.6 Å². The second-order valence-electron chi connectivity index (χ2n) is 5.49. The van der Waals surface area contributed by atoms with E-state index in [9.17, 15) is 18.4 Å². The maximum absolute atomic E-state index is 13.1. The van der Waals surface area contributed by atoms with Gasteiger partial charge in [0.2, 0.25) is 5.91 Å². The fourth-order valence-electron chi connectivity index (χ4n) is 2.56. The maximum Gasteiger partial charge on any atom is 0.315 e. The highest BCUT2D eigenvalue weighted by Crippen LogP contribution is 2.20. The lowest BCUT2D eigenvalue weighted by Gasteiger charge is -2.27. The average Bonchev–Trinajstić information content (AvgIpc) is 2.58. The molecule has 0 saturated carbocycles. The van der Waals surface area contributed by atoms with E-state index in [-0.39, 0.29) is 12.5 Å². The summed E-state index contributed by atoms with van der Waals surface area (Å²) in [5.74, 6) is -0.187. The number of carbonyl (C=O) groups excluding carboxylic acids is 2. The van der Waals surface area contributed by atoms with E-state index in [1.54, 1.807) is 23.1 Å². The Labute approximate surface area is 134 Å². The summed E-state index contributed by atoms with van der Waals surface area (Å²) < 4.78 is 26.2. The topological polar surface area (TPSA) is 61.4 Å². The minimum atomic E-state index is -2.74. The molecule has 0 spiro atoms. The number of nitrogens with zero attached hydrogens (tertiary/aromatic N) is 1. The first-order chi connectivity index (χ1) is 11.1. The van der Waals surface area contributed by atoms with E-state index in [4.69, 9.17) is 0 Å². The maximum atomic E-state index is 13.1. The van der Waals surface area contributed by atoms with E-state index < -0.39 is 18.5 Å². The molecule has 0 aromatic heterocycles. The van der Waals surface area contributed by atoms with Crippen LogP contribution in [-0.2, 0) is 4.79 Å². The van der Waals surface area contributed by atoms with Crippen LogP contribution in [0.15, 0.2) is 30.3 Å². The summed E-state index contributed by atoms with van der Waals surface area (Å²) in [5, 5.41) is 4.58. The third-order valence-electron chi connectivity index (χ3n) is 3.81. The van der Waals surface area contributed by atoms with Crippen molar-refractivity contribution >= 4 is 11.9 Å². The molecule has 5 nitrogen and oxygen atoms in total. The smallest absolute Gasteiger partial charge is 0.315 e. The first-order valence-corrected chi connectivity index (χ1v) is 7.73. The Kier molecular flexibility index (Phi) is 6.31. The zero-order chi connectivity index (χ0) is 16.7. The van der Waals surface area contributed by atoms with Crippen LogP contribution in [0.2, 0.25) is 0 Å². The van der Waals surface area contributed by atoms with E-state index in [0.717, 1.165) is 19.3 Å². The van der Waals surface area contributed by atoms with Gasteiger partial charge in [-0.3, -0.25) is 4.79 Å². The minimum Gasteiger partial charge on any atom is -0.341 e. The number of rotatable bonds is 5. The number of alkyl halides is 2. The van der Waals surface area contributed by atoms with Gasteiger partial charge in [-0.2, -0.15) is 0 Å². The molecule has 1 atom stereocenters. The third kappa shape index (κ3) is 5.19. The Morgan fingerprint density at radius 2 is 1.74 bits per heavy atom. The Morgan fingerprint density at radius 1 is 1.09 bits per heavy atom. The predicted molar refractivity (Wildman–Crippen MR) is 82.2 cm³/mol. The van der Waals surface area contributed by atoms with Gasteiger partial charge in [0.15, 0.2) is 0 Å². The van der Waals surface area contributed by atoms with E-state index >= 15 is 0 Å². The van der Waals surface area contributed by atoms with Gasteiger partial charge in [0.25, 0.3) is 6.43 Å². The zero-order valence-corrected chi connectivity index (χ0v) is 12.8. The summed E-state index contributed by atoms with van der Waals surface area (Å²) in [4.78, 5) is 25.4. The Bertz CT molecular complexity index is 519. The minimum absolute atomic E-state index is 0.184. The fourth-order valence-corrected chi connectivity index (χ4v) is 2.56. The Hall–Kier alpha value is -2.18. The highest BCUT2D eigenvalue weighted by Gasteiger charge is 2.24. The highest BCUT2D eigenvalue weighted by molar-refractivity contribution is 5.84. The predicted octanol–water partition coefficient (Wildman–Crippen LogP) is 2.30. The molecular formula is C16H21F2N3O2. The quantitative estimate of drug-likeness (QED) is 0.873. The highest BCUT2D eigenvalue weighted by atomic mass is 19.3. The summed E-state index contributed by atoms with van der Waals surface area (Å²) >= 11 is 0. The van der Waals surface area contributed by atoms with Crippen molar-refractivity contribution in [2.45, 2.75) is 31.7 Å². The molecule has 2 N–H and O–H groups in total. The Balaban J connectivity index is 1.83. The number of urea groups is 1. The van der Waals surface area contributed by atoms with Crippen LogP contribution in [0.1, 0.15) is 30.9 Å². The molecule has 23 heavy (non-hydrogen) atoms. The lowest BCUT2D eigenvalue weighted by atomic mass is 10.1. The van der Waals surface area contributed by atoms with E-state index in [0.29, 0.717) is 18.7 Å². The van der Waals surface area contributed by atoms with Crippen molar-refractivity contribution in [1.29, 1.82) is 0 Å². The first-order valence-electron chi connectivity index (χ1n) is 7.73. The fraction of sp³-hybridized carbons (Fsp3) is 0.500. The second kappa shape index (κ2) is 8.45. The summed E-state index contributed by atoms with van der Waals surface area (Å²) in [5.41, 5.74) is 0.319. The van der Waals surface area contributed by atoms with Crippen LogP contribution in [-0.4, -0.2) is 42.9 Å². The van der Waals surface area contributed by atoms with Gasteiger partial charge in [0.05, 0.1) is 6.54 Å². The van der Waals surface area contributed by atoms with Crippen molar-refractivity contribution in [2.75, 3.05) is 19.6 Å². The zero-order valence-electron chi connectivity index (χ0n) is 12.8. The van der Waals surface area contributed by atoms with Crippen LogP contribution in [0.4, 0.5) is 13.6 Å². The summed E-state index contributed by atoms with van der Waals surface area (Å²) in [7, 11) is 0. The molecule has 1 heterocycles. The van der Waals surface area contributed by atoms with E-state index in [1.165, 1.54) is 12.1 Å². The molecule has 1 fully saturated rings. The van der Waals surface area contributed by atoms with E-state index in [1.807, 2.05) is 0 Å². The van der Waals surface area contributed by atoms with Gasteiger partial charge in [0, 0.05) is 13.1 Å². The monoisotopic (exact) mass is 325 g/mol. The van der Waals surface area contributed by atoms with Gasteiger partial charge in [-0.25, -0.2) is 13.6 Å². The van der Waals surface area contributed by atoms with Crippen LogP contribution >= 0.6 is 0 Å². The lowest BCUT2D eigenvalue weighted by Crippen LogP contribution is -2.46. The molecule has 1 aromatic carbocycles. The van der Waals surface area contributed by atoms with Crippen molar-refractivity contribution in [3.05, 3.63) is 35.9 Å². The van der Waals surface area contributed by atoms with Crippen molar-refractivity contribution < 1.29 is 18.4 Å². The number of likely N-dealkylation sites (tertiary alicyclic amines) is 1. The molecule has 7 heteroatoms. The molecule has 3 amide bonds. The second-order valence-corrected chi connectivity index (χ2v) is 5.49. The van der Waals surface area contributed by atoms with Crippen molar-refractivity contribution in [3.63, 3.8) is 0 Å². The average molecular weight is 325 g/mol. The summed E-state index contributed by atoms with van der Waals surface area (Å²) in [6.07, 6.45) is 0.282. The molecule has 126 valence electrons. The number of piperidine rings is 1. The number of carbonyl (C=O) groups is 2. The largest absolute Gasteiger partial charge is 0.341 e. The van der Waals surface area contributed by atoms with Crippen LogP contribution in [0.5, 0.6) is 0 Å². The van der Waals surface area contributed by atoms with Gasteiger partial charge in [0.1, 0.15) is 6.04 Å². The van der Waals surface area contributed by atoms with Gasteiger partial charge in [-0.05, 0) is 24.8 Å². The molecule has 0 bridgehead atoms. The first kappa shape index (κ1) is 17.2. The van der Waals surface area contributed by atoms with Crippen molar-refractivity contribution in [2.24, 2.45) is 0 Å². The lowest BCUT2D eigenvalue weighted by molar-refractivity contribution is -0.130. The van der Waals surface area contributed by atoms with Crippen LogP contribution in [0, 0.1) is 0 Å². The molecule has 1 unspecified atom stereocenters. The summed E-state index contributed by atoms with van der Waals surface area (Å²) in [6, 6.07) is 5.84. The molecular weight excluding hydrogens is 304 g/mol. The number of amides is 3. The van der Waals surface area contributed by atoms with E-state index in [2.05, 4.69) is 10.6 Å². The van der Waals surface area contributed by atoms with Crippen LogP contribution in [0.25, 0.3) is 0 Å². The van der Waals surface area contributed by atoms with Crippen molar-refractivity contribution in [1.82, 2.24) is 15.5 Å². The number of benzene rings is 1. The molecule has 1 aliphatic heterocycles. The molecule has 0 radical (unpaired) electrons. The normalized spacial score (nSPS) is 16.0. The van der Waals surface area contributed by atoms with Crippen molar-refractivity contribution in [3.8, 4) is 0 Å². The number of hydrogen-bond acceptors (Lipinski definition) is 2. The number of halogens is 2. The molecule has 0 aliphatic carbocycles. The standard InChI is InChI=1S/C16H21F2N3O2/c17-15(18)14(12-7-3-1-4-8-12)20-16(23)19-11-13(22)21-9-5-2-6-10-21/h1,3-4,7-8,14-15H,2,5-6,9-11H2,(H2,19,20,23). The van der Waals surface area contributed by atoms with Gasteiger partial charge >= 0.3 is 6.03 Å². The Morgan fingerprint density at radius 3 is 2.35 bits per heavy atom. The number of nitrogens with one attached hydrogen (secondary N) is 2. The number of hydrogen-bond donors (Lipinski definition) is 2. The molecule has 2 rings (SSSR count). The summed E-state index contributed by atoms with van der Waals surface area (Å²) in [6.45, 7) is 1.19.